The first kappa shape index (κ1) is 25.2. The predicted molar refractivity (Wildman–Crippen MR) is 144 cm³/mol. The second kappa shape index (κ2) is 10.8. The van der Waals surface area contributed by atoms with Crippen molar-refractivity contribution < 1.29 is 14.4 Å². The number of halogens is 1. The van der Waals surface area contributed by atoms with E-state index in [1.165, 1.54) is 0 Å². The first-order valence-corrected chi connectivity index (χ1v) is 12.3. The van der Waals surface area contributed by atoms with Gasteiger partial charge in [-0.1, -0.05) is 49.2 Å². The van der Waals surface area contributed by atoms with Gasteiger partial charge >= 0.3 is 0 Å². The quantitative estimate of drug-likeness (QED) is 0.353. The highest BCUT2D eigenvalue weighted by molar-refractivity contribution is 6.53. The number of hydrogen-bond donors (Lipinski definition) is 2. The van der Waals surface area contributed by atoms with Crippen molar-refractivity contribution in [1.29, 1.82) is 0 Å². The van der Waals surface area contributed by atoms with Gasteiger partial charge in [0.1, 0.15) is 10.7 Å². The molecule has 0 aromatic heterocycles. The number of unbranched alkanes of at least 4 members (excludes halogenated alkanes) is 1. The van der Waals surface area contributed by atoms with E-state index in [0.717, 1.165) is 40.9 Å². The van der Waals surface area contributed by atoms with Gasteiger partial charge in [-0.15, -0.1) is 0 Å². The van der Waals surface area contributed by atoms with E-state index in [-0.39, 0.29) is 16.6 Å². The highest BCUT2D eigenvalue weighted by Gasteiger charge is 2.39. The minimum absolute atomic E-state index is 0.0246. The maximum Gasteiger partial charge on any atom is 0.283 e. The van der Waals surface area contributed by atoms with Gasteiger partial charge in [-0.3, -0.25) is 14.4 Å². The highest BCUT2D eigenvalue weighted by atomic mass is 35.5. The van der Waals surface area contributed by atoms with E-state index in [1.54, 1.807) is 36.4 Å². The van der Waals surface area contributed by atoms with Gasteiger partial charge in [-0.05, 0) is 85.8 Å². The van der Waals surface area contributed by atoms with Crippen LogP contribution in [0.4, 0.5) is 17.1 Å². The van der Waals surface area contributed by atoms with Crippen LogP contribution >= 0.6 is 11.6 Å². The molecule has 2 N–H and O–H groups in total. The van der Waals surface area contributed by atoms with Crippen molar-refractivity contribution in [2.24, 2.45) is 0 Å². The van der Waals surface area contributed by atoms with Crippen LogP contribution in [0, 0.1) is 13.8 Å². The largest absolute Gasteiger partial charge is 0.350 e. The number of anilines is 3. The summed E-state index contributed by atoms with van der Waals surface area (Å²) >= 11 is 6.28. The third-order valence-electron chi connectivity index (χ3n) is 6.20. The van der Waals surface area contributed by atoms with E-state index in [4.69, 9.17) is 11.6 Å². The van der Waals surface area contributed by atoms with Gasteiger partial charge in [-0.25, -0.2) is 4.90 Å². The lowest BCUT2D eigenvalue weighted by atomic mass is 10.1. The lowest BCUT2D eigenvalue weighted by Crippen LogP contribution is -2.32. The Balaban J connectivity index is 1.49. The van der Waals surface area contributed by atoms with Crippen molar-refractivity contribution in [3.63, 3.8) is 0 Å². The average Bonchev–Trinajstić information content (AvgIpc) is 3.08. The van der Waals surface area contributed by atoms with E-state index in [0.29, 0.717) is 22.6 Å². The first-order valence-electron chi connectivity index (χ1n) is 11.9. The van der Waals surface area contributed by atoms with Gasteiger partial charge < -0.3 is 10.6 Å². The zero-order valence-electron chi connectivity index (χ0n) is 20.5. The molecule has 7 heteroatoms. The molecule has 0 fully saturated rings. The van der Waals surface area contributed by atoms with Crippen LogP contribution in [0.15, 0.2) is 77.5 Å². The molecule has 184 valence electrons. The summed E-state index contributed by atoms with van der Waals surface area (Å²) in [7, 11) is 0. The molecule has 1 aliphatic heterocycles. The molecule has 6 nitrogen and oxygen atoms in total. The van der Waals surface area contributed by atoms with Gasteiger partial charge in [-0.2, -0.15) is 0 Å². The Morgan fingerprint density at radius 1 is 0.889 bits per heavy atom. The fourth-order valence-electron chi connectivity index (χ4n) is 3.94. The molecule has 0 radical (unpaired) electrons. The van der Waals surface area contributed by atoms with E-state index < -0.39 is 11.8 Å². The first-order chi connectivity index (χ1) is 17.3. The fourth-order valence-corrected chi connectivity index (χ4v) is 4.16. The second-order valence-electron chi connectivity index (χ2n) is 8.86. The fraction of sp³-hybridized carbons (Fsp3) is 0.207. The Hall–Kier alpha value is -3.90. The van der Waals surface area contributed by atoms with Gasteiger partial charge in [0.05, 0.1) is 5.69 Å². The Kier molecular flexibility index (Phi) is 7.55. The van der Waals surface area contributed by atoms with Crippen molar-refractivity contribution in [2.45, 2.75) is 40.0 Å². The molecule has 0 aliphatic carbocycles. The molecule has 3 aromatic rings. The predicted octanol–water partition coefficient (Wildman–Crippen LogP) is 6.33. The van der Waals surface area contributed by atoms with Crippen LogP contribution < -0.4 is 15.5 Å². The molecule has 0 spiro atoms. The van der Waals surface area contributed by atoms with Gasteiger partial charge in [0.15, 0.2) is 0 Å². The number of amides is 3. The molecule has 0 atom stereocenters. The van der Waals surface area contributed by atoms with Crippen molar-refractivity contribution in [2.75, 3.05) is 15.5 Å². The third-order valence-corrected chi connectivity index (χ3v) is 6.55. The van der Waals surface area contributed by atoms with E-state index in [9.17, 15) is 14.4 Å². The van der Waals surface area contributed by atoms with Crippen LogP contribution in [0.2, 0.25) is 0 Å². The standard InChI is InChI=1S/C29H28ClN3O3/c1-4-5-7-20-11-14-24(15-12-20)33-28(35)25(30)26(29(33)36)31-22-9-6-8-21(17-22)27(34)32-23-13-10-18(2)19(3)16-23/h6,8-17,31H,4-5,7H2,1-3H3,(H,32,34). The highest BCUT2D eigenvalue weighted by Crippen LogP contribution is 2.30. The third kappa shape index (κ3) is 5.34. The van der Waals surface area contributed by atoms with Crippen molar-refractivity contribution in [3.8, 4) is 0 Å². The summed E-state index contributed by atoms with van der Waals surface area (Å²) in [6, 6.07) is 19.7. The van der Waals surface area contributed by atoms with E-state index >= 15 is 0 Å². The van der Waals surface area contributed by atoms with Gasteiger partial charge in [0.25, 0.3) is 17.7 Å². The zero-order valence-corrected chi connectivity index (χ0v) is 21.3. The summed E-state index contributed by atoms with van der Waals surface area (Å²) in [5.41, 5.74) is 5.36. The van der Waals surface area contributed by atoms with Crippen LogP contribution in [0.5, 0.6) is 0 Å². The maximum absolute atomic E-state index is 13.1. The summed E-state index contributed by atoms with van der Waals surface area (Å²) in [4.78, 5) is 39.8. The number of nitrogens with one attached hydrogen (secondary N) is 2. The summed E-state index contributed by atoms with van der Waals surface area (Å²) in [5, 5.41) is 5.63. The molecule has 1 aliphatic rings. The molecule has 0 unspecified atom stereocenters. The SMILES string of the molecule is CCCCc1ccc(N2C(=O)C(Cl)=C(Nc3cccc(C(=O)Nc4ccc(C)c(C)c4)c3)C2=O)cc1. The summed E-state index contributed by atoms with van der Waals surface area (Å²) in [6.07, 6.45) is 3.11. The molecule has 4 rings (SSSR count). The van der Waals surface area contributed by atoms with E-state index in [1.807, 2.05) is 44.2 Å². The maximum atomic E-state index is 13.1. The van der Waals surface area contributed by atoms with Crippen molar-refractivity contribution >= 4 is 46.4 Å². The Morgan fingerprint density at radius 3 is 2.33 bits per heavy atom. The van der Waals surface area contributed by atoms with Crippen molar-refractivity contribution in [1.82, 2.24) is 0 Å². The summed E-state index contributed by atoms with van der Waals surface area (Å²) in [6.45, 7) is 6.12. The van der Waals surface area contributed by atoms with E-state index in [2.05, 4.69) is 17.6 Å². The zero-order chi connectivity index (χ0) is 25.8. The summed E-state index contributed by atoms with van der Waals surface area (Å²) < 4.78 is 0. The molecule has 0 saturated heterocycles. The number of carbonyl (C=O) groups excluding carboxylic acids is 3. The van der Waals surface area contributed by atoms with Gasteiger partial charge in [0, 0.05) is 16.9 Å². The lowest BCUT2D eigenvalue weighted by molar-refractivity contribution is -0.120. The summed E-state index contributed by atoms with van der Waals surface area (Å²) in [5.74, 6) is -1.42. The van der Waals surface area contributed by atoms with Crippen LogP contribution in [-0.4, -0.2) is 17.7 Å². The Morgan fingerprint density at radius 2 is 1.64 bits per heavy atom. The normalized spacial score (nSPS) is 13.4. The topological polar surface area (TPSA) is 78.5 Å². The molecular weight excluding hydrogens is 474 g/mol. The molecular formula is C29H28ClN3O3. The Bertz CT molecular complexity index is 1360. The number of rotatable bonds is 8. The minimum atomic E-state index is -0.589. The minimum Gasteiger partial charge on any atom is -0.350 e. The van der Waals surface area contributed by atoms with Gasteiger partial charge in [0.2, 0.25) is 0 Å². The number of hydrogen-bond acceptors (Lipinski definition) is 4. The van der Waals surface area contributed by atoms with Crippen LogP contribution in [-0.2, 0) is 16.0 Å². The second-order valence-corrected chi connectivity index (χ2v) is 9.24. The van der Waals surface area contributed by atoms with Crippen LogP contribution in [0.1, 0.15) is 46.8 Å². The molecule has 3 aromatic carbocycles. The molecule has 0 saturated carbocycles. The number of carbonyl (C=O) groups is 3. The molecule has 0 bridgehead atoms. The van der Waals surface area contributed by atoms with Crippen molar-refractivity contribution in [3.05, 3.63) is 99.7 Å². The monoisotopic (exact) mass is 501 g/mol. The number of nitrogens with zero attached hydrogens (tertiary/aromatic N) is 1. The number of benzene rings is 3. The van der Waals surface area contributed by atoms with Crippen LogP contribution in [0.3, 0.4) is 0 Å². The average molecular weight is 502 g/mol. The Labute approximate surface area is 216 Å². The number of imide groups is 1. The molecule has 36 heavy (non-hydrogen) atoms. The van der Waals surface area contributed by atoms with Crippen LogP contribution in [0.25, 0.3) is 0 Å². The number of aryl methyl sites for hydroxylation is 3. The molecule has 3 amide bonds. The lowest BCUT2D eigenvalue weighted by Gasteiger charge is -2.16. The smallest absolute Gasteiger partial charge is 0.283 e. The molecule has 1 heterocycles.